The molecule has 2 N–H and O–H groups in total. The highest BCUT2D eigenvalue weighted by Crippen LogP contribution is 2.18. The Morgan fingerprint density at radius 2 is 1.87 bits per heavy atom. The van der Waals surface area contributed by atoms with Gasteiger partial charge in [0.1, 0.15) is 5.75 Å². The van der Waals surface area contributed by atoms with Crippen molar-refractivity contribution in [3.8, 4) is 5.75 Å². The van der Waals surface area contributed by atoms with Crippen LogP contribution in [0.5, 0.6) is 5.75 Å². The van der Waals surface area contributed by atoms with Crippen molar-refractivity contribution in [3.05, 3.63) is 99.6 Å². The molecule has 1 unspecified atom stereocenters. The van der Waals surface area contributed by atoms with E-state index >= 15 is 0 Å². The number of aromatic amines is 1. The summed E-state index contributed by atoms with van der Waals surface area (Å²) in [7, 11) is 1.61. The summed E-state index contributed by atoms with van der Waals surface area (Å²) in [5.41, 5.74) is 3.72. The largest absolute Gasteiger partial charge is 0.497 e. The molecule has 0 aliphatic rings. The highest BCUT2D eigenvalue weighted by atomic mass is 16.5. The molecule has 0 fully saturated rings. The van der Waals surface area contributed by atoms with E-state index in [1.165, 1.54) is 10.6 Å². The number of methoxy groups -OCH3 is 1. The molecule has 2 heterocycles. The lowest BCUT2D eigenvalue weighted by Crippen LogP contribution is -2.31. The predicted molar refractivity (Wildman–Crippen MR) is 118 cm³/mol. The molecule has 0 aliphatic heterocycles. The Morgan fingerprint density at radius 3 is 2.58 bits per heavy atom. The van der Waals surface area contributed by atoms with Gasteiger partial charge in [0.15, 0.2) is 5.65 Å². The first-order valence-electron chi connectivity index (χ1n) is 10.1. The molecule has 0 saturated heterocycles. The van der Waals surface area contributed by atoms with Crippen LogP contribution < -0.4 is 15.6 Å². The van der Waals surface area contributed by atoms with Gasteiger partial charge in [-0.15, -0.1) is 0 Å². The van der Waals surface area contributed by atoms with Crippen molar-refractivity contribution in [1.82, 2.24) is 19.9 Å². The van der Waals surface area contributed by atoms with Crippen molar-refractivity contribution in [2.24, 2.45) is 0 Å². The Hall–Kier alpha value is -3.87. The number of amides is 1. The fourth-order valence-electron chi connectivity index (χ4n) is 3.59. The van der Waals surface area contributed by atoms with Crippen molar-refractivity contribution >= 4 is 11.6 Å². The summed E-state index contributed by atoms with van der Waals surface area (Å²) in [6.45, 7) is 1.87. The van der Waals surface area contributed by atoms with Gasteiger partial charge in [0, 0.05) is 24.2 Å². The molecule has 0 aliphatic carbocycles. The topological polar surface area (TPSA) is 88.5 Å². The maximum absolute atomic E-state index is 12.8. The number of hydrogen-bond donors (Lipinski definition) is 2. The Labute approximate surface area is 179 Å². The van der Waals surface area contributed by atoms with Gasteiger partial charge >= 0.3 is 0 Å². The number of nitrogens with zero attached hydrogens (tertiary/aromatic N) is 2. The first-order chi connectivity index (χ1) is 15.0. The SMILES string of the molecule is COc1ccc(CC(=O)NC(Cc2cc(=O)n3[nH]c(C)cc3n2)c2ccccc2)cc1. The van der Waals surface area contributed by atoms with E-state index in [-0.39, 0.29) is 23.9 Å². The molecule has 1 amide bonds. The van der Waals surface area contributed by atoms with E-state index in [0.29, 0.717) is 17.8 Å². The molecule has 158 valence electrons. The standard InChI is InChI=1S/C24H24N4O3/c1-16-12-22-25-19(15-24(30)28(22)27-16)14-21(18-6-4-3-5-7-18)26-23(29)13-17-8-10-20(31-2)11-9-17/h3-12,15,21,27H,13-14H2,1-2H3,(H,26,29). The number of hydrogen-bond acceptors (Lipinski definition) is 4. The number of benzene rings is 2. The minimum Gasteiger partial charge on any atom is -0.497 e. The van der Waals surface area contributed by atoms with E-state index in [0.717, 1.165) is 22.6 Å². The number of carbonyl (C=O) groups is 1. The minimum atomic E-state index is -0.304. The highest BCUT2D eigenvalue weighted by Gasteiger charge is 2.17. The van der Waals surface area contributed by atoms with Crippen LogP contribution in [0.4, 0.5) is 0 Å². The number of H-pyrrole nitrogens is 1. The lowest BCUT2D eigenvalue weighted by atomic mass is 10.0. The smallest absolute Gasteiger partial charge is 0.272 e. The Balaban J connectivity index is 1.56. The van der Waals surface area contributed by atoms with Crippen molar-refractivity contribution in [2.75, 3.05) is 7.11 Å². The third kappa shape index (κ3) is 4.83. The van der Waals surface area contributed by atoms with Crippen LogP contribution in [0.25, 0.3) is 5.65 Å². The average Bonchev–Trinajstić information content (AvgIpc) is 3.15. The molecule has 0 bridgehead atoms. The second kappa shape index (κ2) is 8.87. The number of aryl methyl sites for hydroxylation is 1. The van der Waals surface area contributed by atoms with Gasteiger partial charge in [-0.3, -0.25) is 14.7 Å². The van der Waals surface area contributed by atoms with E-state index in [1.807, 2.05) is 67.6 Å². The summed E-state index contributed by atoms with van der Waals surface area (Å²) < 4.78 is 6.58. The number of fused-ring (bicyclic) bond motifs is 1. The molecular weight excluding hydrogens is 392 g/mol. The molecule has 0 saturated carbocycles. The fraction of sp³-hybridized carbons (Fsp3) is 0.208. The second-order valence-corrected chi connectivity index (χ2v) is 7.48. The number of nitrogens with one attached hydrogen (secondary N) is 2. The minimum absolute atomic E-state index is 0.102. The molecule has 0 spiro atoms. The van der Waals surface area contributed by atoms with Crippen molar-refractivity contribution in [1.29, 1.82) is 0 Å². The molecule has 4 aromatic rings. The normalized spacial score (nSPS) is 11.9. The van der Waals surface area contributed by atoms with Gasteiger partial charge in [-0.25, -0.2) is 9.50 Å². The molecule has 2 aromatic heterocycles. The predicted octanol–water partition coefficient (Wildman–Crippen LogP) is 2.98. The summed E-state index contributed by atoms with van der Waals surface area (Å²) in [6.07, 6.45) is 0.661. The van der Waals surface area contributed by atoms with Crippen LogP contribution in [-0.2, 0) is 17.6 Å². The number of rotatable bonds is 7. The molecular formula is C24H24N4O3. The Bertz CT molecular complexity index is 1240. The molecule has 0 radical (unpaired) electrons. The quantitative estimate of drug-likeness (QED) is 0.485. The lowest BCUT2D eigenvalue weighted by Gasteiger charge is -2.19. The molecule has 1 atom stereocenters. The van der Waals surface area contributed by atoms with Gasteiger partial charge in [-0.1, -0.05) is 42.5 Å². The third-order valence-corrected chi connectivity index (χ3v) is 5.11. The zero-order chi connectivity index (χ0) is 21.8. The van der Waals surface area contributed by atoms with Crippen molar-refractivity contribution in [3.63, 3.8) is 0 Å². The Morgan fingerprint density at radius 1 is 1.13 bits per heavy atom. The van der Waals surface area contributed by atoms with Crippen LogP contribution in [0.15, 0.2) is 71.5 Å². The van der Waals surface area contributed by atoms with Gasteiger partial charge in [0.25, 0.3) is 5.56 Å². The van der Waals surface area contributed by atoms with Crippen LogP contribution in [0, 0.1) is 6.92 Å². The van der Waals surface area contributed by atoms with Gasteiger partial charge in [0.2, 0.25) is 5.91 Å². The number of aromatic nitrogens is 3. The van der Waals surface area contributed by atoms with E-state index in [2.05, 4.69) is 15.4 Å². The van der Waals surface area contributed by atoms with Crippen LogP contribution in [0.2, 0.25) is 0 Å². The molecule has 7 nitrogen and oxygen atoms in total. The average molecular weight is 416 g/mol. The monoisotopic (exact) mass is 416 g/mol. The van der Waals surface area contributed by atoms with Crippen LogP contribution in [0.3, 0.4) is 0 Å². The first kappa shape index (κ1) is 20.4. The first-order valence-corrected chi connectivity index (χ1v) is 10.1. The third-order valence-electron chi connectivity index (χ3n) is 5.11. The second-order valence-electron chi connectivity index (χ2n) is 7.48. The van der Waals surface area contributed by atoms with Gasteiger partial charge in [-0.2, -0.15) is 0 Å². The summed E-state index contributed by atoms with van der Waals surface area (Å²) >= 11 is 0. The lowest BCUT2D eigenvalue weighted by molar-refractivity contribution is -0.121. The van der Waals surface area contributed by atoms with E-state index < -0.39 is 0 Å². The summed E-state index contributed by atoms with van der Waals surface area (Å²) in [5, 5.41) is 6.07. The summed E-state index contributed by atoms with van der Waals surface area (Å²) in [5.74, 6) is 0.647. The number of ether oxygens (including phenoxy) is 1. The van der Waals surface area contributed by atoms with Crippen LogP contribution in [0.1, 0.15) is 28.6 Å². The zero-order valence-corrected chi connectivity index (χ0v) is 17.5. The van der Waals surface area contributed by atoms with Crippen LogP contribution >= 0.6 is 0 Å². The Kier molecular flexibility index (Phi) is 5.84. The van der Waals surface area contributed by atoms with Gasteiger partial charge < -0.3 is 10.1 Å². The molecule has 2 aromatic carbocycles. The maximum atomic E-state index is 12.8. The fourth-order valence-corrected chi connectivity index (χ4v) is 3.59. The van der Waals surface area contributed by atoms with E-state index in [4.69, 9.17) is 4.74 Å². The van der Waals surface area contributed by atoms with E-state index in [9.17, 15) is 9.59 Å². The van der Waals surface area contributed by atoms with Crippen molar-refractivity contribution < 1.29 is 9.53 Å². The van der Waals surface area contributed by atoms with Gasteiger partial charge in [-0.05, 0) is 30.2 Å². The number of carbonyl (C=O) groups excluding carboxylic acids is 1. The zero-order valence-electron chi connectivity index (χ0n) is 17.5. The highest BCUT2D eigenvalue weighted by molar-refractivity contribution is 5.79. The van der Waals surface area contributed by atoms with Gasteiger partial charge in [0.05, 0.1) is 25.3 Å². The summed E-state index contributed by atoms with van der Waals surface area (Å²) in [6, 6.07) is 20.2. The maximum Gasteiger partial charge on any atom is 0.272 e. The summed E-state index contributed by atoms with van der Waals surface area (Å²) in [4.78, 5) is 29.8. The van der Waals surface area contributed by atoms with Crippen molar-refractivity contribution in [2.45, 2.75) is 25.8 Å². The molecule has 7 heteroatoms. The molecule has 31 heavy (non-hydrogen) atoms. The van der Waals surface area contributed by atoms with E-state index in [1.54, 1.807) is 7.11 Å². The molecule has 4 rings (SSSR count). The van der Waals surface area contributed by atoms with Crippen LogP contribution in [-0.4, -0.2) is 27.6 Å².